The zero-order chi connectivity index (χ0) is 16.4. The van der Waals surface area contributed by atoms with Crippen LogP contribution in [-0.2, 0) is 6.18 Å². The predicted octanol–water partition coefficient (Wildman–Crippen LogP) is 4.45. The average molecular weight is 319 g/mol. The molecule has 0 saturated carbocycles. The molecular weight excluding hydrogens is 307 g/mol. The number of ether oxygens (including phenoxy) is 1. The number of aromatic amines is 1. The Kier molecular flexibility index (Phi) is 3.82. The van der Waals surface area contributed by atoms with Gasteiger partial charge in [-0.3, -0.25) is 4.79 Å². The van der Waals surface area contributed by atoms with Crippen molar-refractivity contribution in [2.45, 2.75) is 6.18 Å². The quantitative estimate of drug-likeness (QED) is 0.722. The van der Waals surface area contributed by atoms with Crippen LogP contribution in [0.4, 0.5) is 13.2 Å². The van der Waals surface area contributed by atoms with Crippen molar-refractivity contribution in [1.29, 1.82) is 0 Å². The molecule has 0 atom stereocenters. The molecule has 3 nitrogen and oxygen atoms in total. The maximum absolute atomic E-state index is 13.2. The van der Waals surface area contributed by atoms with Gasteiger partial charge in [0.05, 0.1) is 5.56 Å². The van der Waals surface area contributed by atoms with Crippen molar-refractivity contribution in [3.05, 3.63) is 65.9 Å². The number of aromatic nitrogens is 1. The molecule has 6 heteroatoms. The number of nitrogens with one attached hydrogen (secondary N) is 1. The Morgan fingerprint density at radius 3 is 2.35 bits per heavy atom. The predicted molar refractivity (Wildman–Crippen MR) is 79.6 cm³/mol. The third-order valence-corrected chi connectivity index (χ3v) is 3.38. The van der Waals surface area contributed by atoms with E-state index in [0.29, 0.717) is 5.75 Å². The molecule has 1 N–H and O–H groups in total. The highest BCUT2D eigenvalue weighted by atomic mass is 19.4. The molecule has 0 aliphatic carbocycles. The number of hydrogen-bond donors (Lipinski definition) is 1. The van der Waals surface area contributed by atoms with Gasteiger partial charge in [-0.2, -0.15) is 13.2 Å². The Bertz CT molecular complexity index is 838. The van der Waals surface area contributed by atoms with Crippen LogP contribution >= 0.6 is 0 Å². The summed E-state index contributed by atoms with van der Waals surface area (Å²) < 4.78 is 44.8. The molecule has 0 aliphatic heterocycles. The minimum atomic E-state index is -4.64. The summed E-state index contributed by atoms with van der Waals surface area (Å²) in [6, 6.07) is 14.6. The van der Waals surface area contributed by atoms with Crippen molar-refractivity contribution in [2.75, 3.05) is 6.61 Å². The standard InChI is InChI=1S/C17H12F3NO2/c18-17(19,20)16-15(12-8-4-5-9-13(12)21-16)14(22)10-23-11-6-2-1-3-7-11/h1-9,21H,10H2. The fraction of sp³-hybridized carbons (Fsp3) is 0.118. The molecule has 0 spiro atoms. The van der Waals surface area contributed by atoms with Crippen molar-refractivity contribution in [3.8, 4) is 5.75 Å². The summed E-state index contributed by atoms with van der Waals surface area (Å²) in [7, 11) is 0. The number of benzene rings is 2. The van der Waals surface area contributed by atoms with E-state index in [9.17, 15) is 18.0 Å². The number of halogens is 3. The van der Waals surface area contributed by atoms with Crippen molar-refractivity contribution in [2.24, 2.45) is 0 Å². The normalized spacial score (nSPS) is 11.6. The first-order valence-corrected chi connectivity index (χ1v) is 6.86. The van der Waals surface area contributed by atoms with Crippen LogP contribution in [0.5, 0.6) is 5.75 Å². The third-order valence-electron chi connectivity index (χ3n) is 3.38. The summed E-state index contributed by atoms with van der Waals surface area (Å²) in [5.41, 5.74) is -1.16. The molecule has 0 fully saturated rings. The summed E-state index contributed by atoms with van der Waals surface area (Å²) in [6.45, 7) is -0.463. The van der Waals surface area contributed by atoms with Gasteiger partial charge in [0.25, 0.3) is 0 Å². The first-order chi connectivity index (χ1) is 11.0. The molecule has 3 rings (SSSR count). The highest BCUT2D eigenvalue weighted by molar-refractivity contribution is 6.10. The molecule has 1 heterocycles. The Morgan fingerprint density at radius 1 is 1.00 bits per heavy atom. The Labute approximate surface area is 129 Å². The van der Waals surface area contributed by atoms with E-state index in [2.05, 4.69) is 4.98 Å². The first-order valence-electron chi connectivity index (χ1n) is 6.86. The molecule has 1 aromatic heterocycles. The van der Waals surface area contributed by atoms with Gasteiger partial charge in [0.2, 0.25) is 5.78 Å². The number of carbonyl (C=O) groups excluding carboxylic acids is 1. The van der Waals surface area contributed by atoms with Crippen molar-refractivity contribution >= 4 is 16.7 Å². The lowest BCUT2D eigenvalue weighted by molar-refractivity contribution is -0.141. The second-order valence-corrected chi connectivity index (χ2v) is 4.94. The van der Waals surface area contributed by atoms with Crippen molar-refractivity contribution in [3.63, 3.8) is 0 Å². The largest absolute Gasteiger partial charge is 0.485 e. The van der Waals surface area contributed by atoms with E-state index in [4.69, 9.17) is 4.74 Å². The van der Waals surface area contributed by atoms with Gasteiger partial charge in [-0.05, 0) is 18.2 Å². The number of para-hydroxylation sites is 2. The van der Waals surface area contributed by atoms with Gasteiger partial charge < -0.3 is 9.72 Å². The van der Waals surface area contributed by atoms with Gasteiger partial charge in [0.1, 0.15) is 11.4 Å². The number of ketones is 1. The number of alkyl halides is 3. The molecule has 0 aliphatic rings. The summed E-state index contributed by atoms with van der Waals surface area (Å²) in [6.07, 6.45) is -4.64. The van der Waals surface area contributed by atoms with Gasteiger partial charge in [-0.1, -0.05) is 36.4 Å². The second-order valence-electron chi connectivity index (χ2n) is 4.94. The summed E-state index contributed by atoms with van der Waals surface area (Å²) in [5.74, 6) is -0.298. The second kappa shape index (κ2) is 5.79. The molecule has 2 aromatic carbocycles. The van der Waals surface area contributed by atoms with Crippen LogP contribution in [0.3, 0.4) is 0 Å². The molecule has 0 saturated heterocycles. The maximum Gasteiger partial charge on any atom is 0.431 e. The first kappa shape index (κ1) is 15.1. The van der Waals surface area contributed by atoms with Crippen LogP contribution in [0.2, 0.25) is 0 Å². The average Bonchev–Trinajstić information content (AvgIpc) is 2.93. The number of carbonyl (C=O) groups is 1. The van der Waals surface area contributed by atoms with E-state index in [-0.39, 0.29) is 16.5 Å². The summed E-state index contributed by atoms with van der Waals surface area (Å²) >= 11 is 0. The monoisotopic (exact) mass is 319 g/mol. The summed E-state index contributed by atoms with van der Waals surface area (Å²) in [4.78, 5) is 14.6. The van der Waals surface area contributed by atoms with Gasteiger partial charge in [0, 0.05) is 10.9 Å². The van der Waals surface area contributed by atoms with Crippen molar-refractivity contribution in [1.82, 2.24) is 4.98 Å². The fourth-order valence-corrected chi connectivity index (χ4v) is 2.38. The molecular formula is C17H12F3NO2. The Balaban J connectivity index is 1.96. The van der Waals surface area contributed by atoms with Gasteiger partial charge in [-0.15, -0.1) is 0 Å². The van der Waals surface area contributed by atoms with E-state index in [1.807, 2.05) is 0 Å². The number of fused-ring (bicyclic) bond motifs is 1. The van der Waals surface area contributed by atoms with Crippen LogP contribution in [0.15, 0.2) is 54.6 Å². The highest BCUT2D eigenvalue weighted by Gasteiger charge is 2.38. The topological polar surface area (TPSA) is 42.1 Å². The Morgan fingerprint density at radius 2 is 1.65 bits per heavy atom. The van der Waals surface area contributed by atoms with Crippen LogP contribution in [0.1, 0.15) is 16.1 Å². The lowest BCUT2D eigenvalue weighted by atomic mass is 10.1. The SMILES string of the molecule is O=C(COc1ccccc1)c1c(C(F)(F)F)[nH]c2ccccc12. The number of Topliss-reactive ketones (excluding diaryl/α,β-unsaturated/α-hetero) is 1. The van der Waals surface area contributed by atoms with E-state index in [1.165, 1.54) is 12.1 Å². The van der Waals surface area contributed by atoms with Crippen LogP contribution in [0.25, 0.3) is 10.9 Å². The fourth-order valence-electron chi connectivity index (χ4n) is 2.38. The molecule has 118 valence electrons. The zero-order valence-corrected chi connectivity index (χ0v) is 11.9. The van der Waals surface area contributed by atoms with E-state index in [0.717, 1.165) is 0 Å². The lowest BCUT2D eigenvalue weighted by Crippen LogP contribution is -2.17. The smallest absolute Gasteiger partial charge is 0.431 e. The lowest BCUT2D eigenvalue weighted by Gasteiger charge is -2.09. The Hall–Kier alpha value is -2.76. The van der Waals surface area contributed by atoms with Crippen LogP contribution in [0, 0.1) is 0 Å². The third kappa shape index (κ3) is 3.06. The molecule has 23 heavy (non-hydrogen) atoms. The number of hydrogen-bond acceptors (Lipinski definition) is 2. The van der Waals surface area contributed by atoms with E-state index < -0.39 is 24.3 Å². The van der Waals surface area contributed by atoms with Gasteiger partial charge in [0.15, 0.2) is 6.61 Å². The molecule has 0 amide bonds. The number of rotatable bonds is 4. The highest BCUT2D eigenvalue weighted by Crippen LogP contribution is 2.35. The van der Waals surface area contributed by atoms with Gasteiger partial charge >= 0.3 is 6.18 Å². The van der Waals surface area contributed by atoms with Crippen molar-refractivity contribution < 1.29 is 22.7 Å². The minimum Gasteiger partial charge on any atom is -0.485 e. The van der Waals surface area contributed by atoms with Gasteiger partial charge in [-0.25, -0.2) is 0 Å². The zero-order valence-electron chi connectivity index (χ0n) is 11.9. The van der Waals surface area contributed by atoms with Crippen LogP contribution in [-0.4, -0.2) is 17.4 Å². The van der Waals surface area contributed by atoms with Crippen LogP contribution < -0.4 is 4.74 Å². The number of H-pyrrole nitrogens is 1. The minimum absolute atomic E-state index is 0.237. The molecule has 0 bridgehead atoms. The molecule has 0 radical (unpaired) electrons. The van der Waals surface area contributed by atoms with E-state index in [1.54, 1.807) is 42.5 Å². The van der Waals surface area contributed by atoms with E-state index >= 15 is 0 Å². The summed E-state index contributed by atoms with van der Waals surface area (Å²) in [5, 5.41) is 0.237. The molecule has 3 aromatic rings. The maximum atomic E-state index is 13.2. The molecule has 0 unspecified atom stereocenters.